The Morgan fingerprint density at radius 3 is 2.66 bits per heavy atom. The Morgan fingerprint density at radius 1 is 1.00 bits per heavy atom. The fraction of sp³-hybridized carbons (Fsp3) is 0.0952. The summed E-state index contributed by atoms with van der Waals surface area (Å²) in [6.07, 6.45) is 0. The molecule has 0 saturated carbocycles. The minimum absolute atomic E-state index is 0.295. The van der Waals surface area contributed by atoms with Gasteiger partial charge in [-0.3, -0.25) is 0 Å². The number of hydrogen-bond donors (Lipinski definition) is 1. The topological polar surface area (TPSA) is 74.1 Å². The molecular formula is C21H18ClN5O2. The van der Waals surface area contributed by atoms with Gasteiger partial charge in [0, 0.05) is 12.2 Å². The fourth-order valence-electron chi connectivity index (χ4n) is 2.78. The molecule has 0 radical (unpaired) electrons. The molecule has 0 bridgehead atoms. The van der Waals surface area contributed by atoms with Gasteiger partial charge in [0.25, 0.3) is 0 Å². The lowest BCUT2D eigenvalue weighted by Crippen LogP contribution is -2.02. The normalized spacial score (nSPS) is 10.6. The summed E-state index contributed by atoms with van der Waals surface area (Å²) in [5.74, 6) is 1.28. The molecule has 0 saturated heterocycles. The number of rotatable bonds is 7. The van der Waals surface area contributed by atoms with Crippen LogP contribution in [0.4, 0.5) is 5.69 Å². The maximum absolute atomic E-state index is 6.18. The van der Waals surface area contributed by atoms with Gasteiger partial charge in [-0.25, -0.2) is 0 Å². The van der Waals surface area contributed by atoms with E-state index in [1.165, 1.54) is 0 Å². The Hall–Kier alpha value is -3.58. The fourth-order valence-corrected chi connectivity index (χ4v) is 3.04. The number of halogens is 1. The van der Waals surface area contributed by atoms with Crippen LogP contribution >= 0.6 is 11.6 Å². The van der Waals surface area contributed by atoms with E-state index < -0.39 is 0 Å². The van der Waals surface area contributed by atoms with Crippen LogP contribution in [0.5, 0.6) is 17.5 Å². The zero-order valence-electron chi connectivity index (χ0n) is 15.6. The van der Waals surface area contributed by atoms with Gasteiger partial charge in [-0.05, 0) is 58.5 Å². The number of ether oxygens (including phenoxy) is 2. The van der Waals surface area contributed by atoms with Gasteiger partial charge in [0.15, 0.2) is 0 Å². The van der Waals surface area contributed by atoms with Crippen LogP contribution in [0.25, 0.3) is 5.69 Å². The van der Waals surface area contributed by atoms with Crippen LogP contribution < -0.4 is 14.8 Å². The molecule has 0 aliphatic rings. The molecular weight excluding hydrogens is 390 g/mol. The molecule has 0 atom stereocenters. The number of nitrogens with one attached hydrogen (secondary N) is 1. The van der Waals surface area contributed by atoms with Crippen molar-refractivity contribution in [1.29, 1.82) is 0 Å². The molecule has 1 heterocycles. The van der Waals surface area contributed by atoms with Gasteiger partial charge in [-0.2, -0.15) is 4.68 Å². The highest BCUT2D eigenvalue weighted by molar-refractivity contribution is 6.32. The minimum Gasteiger partial charge on any atom is -0.495 e. The average Bonchev–Trinajstić information content (AvgIpc) is 3.21. The Kier molecular flexibility index (Phi) is 5.58. The van der Waals surface area contributed by atoms with Crippen molar-refractivity contribution in [2.75, 3.05) is 12.4 Å². The number of nitrogens with zero attached hydrogens (tertiary/aromatic N) is 4. The number of tetrazole rings is 1. The number of methoxy groups -OCH3 is 1. The largest absolute Gasteiger partial charge is 0.495 e. The van der Waals surface area contributed by atoms with E-state index in [9.17, 15) is 0 Å². The molecule has 0 aliphatic heterocycles. The standard InChI is InChI=1S/C21H18ClN5O2/c1-28-20-11-10-16(13-19(20)22)23-14-15-6-5-9-18(12-15)29-21-24-25-26-27(21)17-7-3-2-4-8-17/h2-13,23H,14H2,1H3. The molecule has 3 aromatic carbocycles. The summed E-state index contributed by atoms with van der Waals surface area (Å²) in [4.78, 5) is 0. The quantitative estimate of drug-likeness (QED) is 0.477. The molecule has 29 heavy (non-hydrogen) atoms. The smallest absolute Gasteiger partial charge is 0.345 e. The minimum atomic E-state index is 0.295. The highest BCUT2D eigenvalue weighted by atomic mass is 35.5. The van der Waals surface area contributed by atoms with Gasteiger partial charge in [-0.1, -0.05) is 47.0 Å². The van der Waals surface area contributed by atoms with E-state index in [0.717, 1.165) is 16.9 Å². The zero-order chi connectivity index (χ0) is 20.1. The van der Waals surface area contributed by atoms with Crippen LogP contribution in [0, 0.1) is 0 Å². The Morgan fingerprint density at radius 2 is 1.86 bits per heavy atom. The molecule has 4 rings (SSSR count). The average molecular weight is 408 g/mol. The van der Waals surface area contributed by atoms with Crippen LogP contribution in [-0.2, 0) is 6.54 Å². The molecule has 0 fully saturated rings. The molecule has 0 spiro atoms. The summed E-state index contributed by atoms with van der Waals surface area (Å²) in [6.45, 7) is 0.601. The summed E-state index contributed by atoms with van der Waals surface area (Å²) >= 11 is 6.18. The Labute approximate surface area is 172 Å². The van der Waals surface area contributed by atoms with Crippen molar-refractivity contribution in [3.63, 3.8) is 0 Å². The summed E-state index contributed by atoms with van der Waals surface area (Å²) in [7, 11) is 1.59. The van der Waals surface area contributed by atoms with Crippen LogP contribution in [0.15, 0.2) is 72.8 Å². The summed E-state index contributed by atoms with van der Waals surface area (Å²) in [5.41, 5.74) is 2.75. The summed E-state index contributed by atoms with van der Waals surface area (Å²) in [6, 6.07) is 23.2. The summed E-state index contributed by atoms with van der Waals surface area (Å²) in [5, 5.41) is 15.6. The zero-order valence-corrected chi connectivity index (χ0v) is 16.4. The number of anilines is 1. The van der Waals surface area contributed by atoms with Crippen LogP contribution in [0.2, 0.25) is 5.02 Å². The SMILES string of the molecule is COc1ccc(NCc2cccc(Oc3nnnn3-c3ccccc3)c2)cc1Cl. The maximum Gasteiger partial charge on any atom is 0.345 e. The second-order valence-electron chi connectivity index (χ2n) is 6.16. The third-order valence-corrected chi connectivity index (χ3v) is 4.49. The van der Waals surface area contributed by atoms with Crippen LogP contribution in [-0.4, -0.2) is 27.3 Å². The van der Waals surface area contributed by atoms with Gasteiger partial charge >= 0.3 is 6.01 Å². The van der Waals surface area contributed by atoms with Crippen LogP contribution in [0.1, 0.15) is 5.56 Å². The predicted molar refractivity (Wildman–Crippen MR) is 111 cm³/mol. The van der Waals surface area contributed by atoms with Crippen molar-refractivity contribution in [3.05, 3.63) is 83.4 Å². The molecule has 8 heteroatoms. The molecule has 0 unspecified atom stereocenters. The highest BCUT2D eigenvalue weighted by Gasteiger charge is 2.11. The molecule has 1 N–H and O–H groups in total. The van der Waals surface area contributed by atoms with Gasteiger partial charge < -0.3 is 14.8 Å². The van der Waals surface area contributed by atoms with Crippen molar-refractivity contribution in [1.82, 2.24) is 20.2 Å². The van der Waals surface area contributed by atoms with E-state index in [1.54, 1.807) is 11.8 Å². The third-order valence-electron chi connectivity index (χ3n) is 4.20. The van der Waals surface area contributed by atoms with E-state index in [4.69, 9.17) is 21.1 Å². The van der Waals surface area contributed by atoms with Crippen molar-refractivity contribution < 1.29 is 9.47 Å². The molecule has 7 nitrogen and oxygen atoms in total. The molecule has 1 aromatic heterocycles. The number of para-hydroxylation sites is 1. The van der Waals surface area contributed by atoms with E-state index >= 15 is 0 Å². The van der Waals surface area contributed by atoms with Gasteiger partial charge in [0.05, 0.1) is 17.8 Å². The van der Waals surface area contributed by atoms with Crippen LogP contribution in [0.3, 0.4) is 0 Å². The molecule has 4 aromatic rings. The first kappa shape index (κ1) is 18.8. The second-order valence-corrected chi connectivity index (χ2v) is 6.57. The van der Waals surface area contributed by atoms with E-state index in [0.29, 0.717) is 29.1 Å². The number of hydrogen-bond acceptors (Lipinski definition) is 6. The number of aromatic nitrogens is 4. The molecule has 0 aliphatic carbocycles. The lowest BCUT2D eigenvalue weighted by Gasteiger charge is -2.10. The van der Waals surface area contributed by atoms with Gasteiger partial charge in [-0.15, -0.1) is 0 Å². The highest BCUT2D eigenvalue weighted by Crippen LogP contribution is 2.28. The monoisotopic (exact) mass is 407 g/mol. The van der Waals surface area contributed by atoms with Gasteiger partial charge in [0.2, 0.25) is 0 Å². The van der Waals surface area contributed by atoms with Crippen molar-refractivity contribution in [2.45, 2.75) is 6.54 Å². The lowest BCUT2D eigenvalue weighted by atomic mass is 10.2. The van der Waals surface area contributed by atoms with Gasteiger partial charge in [0.1, 0.15) is 11.5 Å². The van der Waals surface area contributed by atoms with Crippen molar-refractivity contribution >= 4 is 17.3 Å². The van der Waals surface area contributed by atoms with Crippen molar-refractivity contribution in [2.24, 2.45) is 0 Å². The molecule has 0 amide bonds. The first-order valence-electron chi connectivity index (χ1n) is 8.91. The van der Waals surface area contributed by atoms with E-state index in [1.807, 2.05) is 72.8 Å². The Balaban J connectivity index is 1.46. The Bertz CT molecular complexity index is 1100. The van der Waals surface area contributed by atoms with E-state index in [2.05, 4.69) is 20.8 Å². The molecule has 146 valence electrons. The second kappa shape index (κ2) is 8.62. The number of benzene rings is 3. The summed E-state index contributed by atoms with van der Waals surface area (Å²) < 4.78 is 12.6. The predicted octanol–water partition coefficient (Wildman–Crippen LogP) is 4.73. The third kappa shape index (κ3) is 4.47. The van der Waals surface area contributed by atoms with Crippen molar-refractivity contribution in [3.8, 4) is 23.2 Å². The lowest BCUT2D eigenvalue weighted by molar-refractivity contribution is 0.415. The maximum atomic E-state index is 6.18. The first-order chi connectivity index (χ1) is 14.2. The first-order valence-corrected chi connectivity index (χ1v) is 9.29. The van der Waals surface area contributed by atoms with E-state index in [-0.39, 0.29) is 0 Å².